The van der Waals surface area contributed by atoms with E-state index in [0.717, 1.165) is 120 Å². The van der Waals surface area contributed by atoms with E-state index in [2.05, 4.69) is 55.4 Å². The van der Waals surface area contributed by atoms with Gasteiger partial charge in [0.25, 0.3) is 0 Å². The molecule has 0 aliphatic heterocycles. The summed E-state index contributed by atoms with van der Waals surface area (Å²) in [7, 11) is -9.92. The van der Waals surface area contributed by atoms with E-state index in [0.29, 0.717) is 25.7 Å². The molecule has 0 amide bonds. The molecular formula is C79H154O17P2. The molecule has 0 heterocycles. The van der Waals surface area contributed by atoms with Gasteiger partial charge in [-0.2, -0.15) is 0 Å². The van der Waals surface area contributed by atoms with Gasteiger partial charge >= 0.3 is 39.5 Å². The summed E-state index contributed by atoms with van der Waals surface area (Å²) in [6, 6.07) is 0. The van der Waals surface area contributed by atoms with Gasteiger partial charge in [0, 0.05) is 25.7 Å². The molecule has 0 aromatic rings. The minimum absolute atomic E-state index is 0.106. The minimum atomic E-state index is -4.96. The van der Waals surface area contributed by atoms with Crippen molar-refractivity contribution in [3.8, 4) is 0 Å². The molecule has 0 bridgehead atoms. The largest absolute Gasteiger partial charge is 0.472 e. The number of aliphatic hydroxyl groups excluding tert-OH is 1. The Morgan fingerprint density at radius 3 is 0.724 bits per heavy atom. The van der Waals surface area contributed by atoms with E-state index in [4.69, 9.17) is 37.0 Å². The van der Waals surface area contributed by atoms with Crippen LogP contribution in [0.5, 0.6) is 0 Å². The van der Waals surface area contributed by atoms with Crippen LogP contribution in [-0.2, 0) is 65.4 Å². The molecule has 0 saturated carbocycles. The van der Waals surface area contributed by atoms with E-state index in [-0.39, 0.29) is 25.7 Å². The molecular weight excluding hydrogens is 1280 g/mol. The number of rotatable bonds is 76. The first-order valence-electron chi connectivity index (χ1n) is 40.8. The number of esters is 4. The van der Waals surface area contributed by atoms with Gasteiger partial charge in [-0.05, 0) is 49.4 Å². The Kier molecular flexibility index (Phi) is 66.8. The molecule has 582 valence electrons. The number of carbonyl (C=O) groups is 4. The monoisotopic (exact) mass is 1440 g/mol. The van der Waals surface area contributed by atoms with Crippen molar-refractivity contribution in [2.45, 2.75) is 420 Å². The van der Waals surface area contributed by atoms with Crippen LogP contribution in [0.25, 0.3) is 0 Å². The first-order chi connectivity index (χ1) is 47.2. The number of aliphatic hydroxyl groups is 1. The molecule has 19 heteroatoms. The maximum atomic E-state index is 13.1. The highest BCUT2D eigenvalue weighted by Gasteiger charge is 2.30. The highest BCUT2D eigenvalue weighted by Crippen LogP contribution is 2.45. The number of unbranched alkanes of at least 4 members (excludes halogenated alkanes) is 40. The van der Waals surface area contributed by atoms with Crippen molar-refractivity contribution >= 4 is 39.5 Å². The van der Waals surface area contributed by atoms with Crippen LogP contribution < -0.4 is 0 Å². The summed E-state index contributed by atoms with van der Waals surface area (Å²) in [6.07, 6.45) is 54.0. The van der Waals surface area contributed by atoms with Crippen LogP contribution in [0.3, 0.4) is 0 Å². The van der Waals surface area contributed by atoms with E-state index in [1.165, 1.54) is 199 Å². The molecule has 0 saturated heterocycles. The highest BCUT2D eigenvalue weighted by atomic mass is 31.2. The molecule has 0 aromatic heterocycles. The maximum absolute atomic E-state index is 13.1. The third kappa shape index (κ3) is 69.8. The van der Waals surface area contributed by atoms with Gasteiger partial charge in [-0.3, -0.25) is 37.3 Å². The summed E-state index contributed by atoms with van der Waals surface area (Å²) in [6.45, 7) is 14.3. The van der Waals surface area contributed by atoms with Crippen LogP contribution in [0.4, 0.5) is 0 Å². The van der Waals surface area contributed by atoms with Crippen molar-refractivity contribution in [1.82, 2.24) is 0 Å². The zero-order chi connectivity index (χ0) is 72.4. The van der Waals surface area contributed by atoms with E-state index >= 15 is 0 Å². The Morgan fingerprint density at radius 2 is 0.490 bits per heavy atom. The van der Waals surface area contributed by atoms with Crippen LogP contribution in [-0.4, -0.2) is 96.7 Å². The average molecular weight is 1440 g/mol. The fourth-order valence-corrected chi connectivity index (χ4v) is 13.6. The summed E-state index contributed by atoms with van der Waals surface area (Å²) >= 11 is 0. The van der Waals surface area contributed by atoms with Crippen LogP contribution in [0.1, 0.15) is 402 Å². The fourth-order valence-electron chi connectivity index (χ4n) is 12.0. The minimum Gasteiger partial charge on any atom is -0.462 e. The second kappa shape index (κ2) is 68.2. The third-order valence-electron chi connectivity index (χ3n) is 19.0. The summed E-state index contributed by atoms with van der Waals surface area (Å²) in [5.41, 5.74) is 0. The molecule has 7 atom stereocenters. The molecule has 0 aliphatic rings. The Labute approximate surface area is 600 Å². The Bertz CT molecular complexity index is 1920. The van der Waals surface area contributed by atoms with Crippen molar-refractivity contribution < 1.29 is 80.2 Å². The van der Waals surface area contributed by atoms with Gasteiger partial charge < -0.3 is 33.8 Å². The summed E-state index contributed by atoms with van der Waals surface area (Å²) in [4.78, 5) is 73.0. The first kappa shape index (κ1) is 96.1. The van der Waals surface area contributed by atoms with Gasteiger partial charge in [0.15, 0.2) is 12.2 Å². The van der Waals surface area contributed by atoms with Crippen LogP contribution >= 0.6 is 15.6 Å². The highest BCUT2D eigenvalue weighted by molar-refractivity contribution is 7.47. The number of hydrogen-bond acceptors (Lipinski definition) is 15. The summed E-state index contributed by atoms with van der Waals surface area (Å²) in [5.74, 6) is 1.01. The van der Waals surface area contributed by atoms with Crippen LogP contribution in [0.15, 0.2) is 0 Å². The van der Waals surface area contributed by atoms with Crippen molar-refractivity contribution in [3.05, 3.63) is 0 Å². The standard InChI is InChI=1S/C79H154O17P2/c1-9-71(7)57-49-41-33-27-23-24-28-34-43-51-59-76(81)89-65-74(95-78(83)61-53-45-35-29-21-17-13-11-12-15-19-25-31-39-47-55-69(3)4)67-93-97(85,86)91-63-73(80)64-92-98(87,88)94-68-75(66-90-77(82)60-52-44-38-37-42-50-58-72(8)10-2)96-79(84)62-54-46-36-30-22-18-14-16-20-26-32-40-48-56-70(5)6/h69-75,80H,9-68H2,1-8H3,(H,85,86)(H,87,88)/t71?,72?,73-,74-,75-/m1/s1. The molecule has 0 fully saturated rings. The zero-order valence-electron chi connectivity index (χ0n) is 64.4. The Hall–Kier alpha value is -1.94. The van der Waals surface area contributed by atoms with Crippen molar-refractivity contribution in [3.63, 3.8) is 0 Å². The lowest BCUT2D eigenvalue weighted by Gasteiger charge is -2.21. The fraction of sp³-hybridized carbons (Fsp3) is 0.949. The van der Waals surface area contributed by atoms with E-state index in [9.17, 15) is 43.2 Å². The molecule has 17 nitrogen and oxygen atoms in total. The summed E-state index contributed by atoms with van der Waals surface area (Å²) < 4.78 is 68.7. The quantitative estimate of drug-likeness (QED) is 0.0222. The van der Waals surface area contributed by atoms with E-state index in [1.54, 1.807) is 0 Å². The Balaban J connectivity index is 5.26. The molecule has 4 unspecified atom stereocenters. The second-order valence-electron chi connectivity index (χ2n) is 29.9. The van der Waals surface area contributed by atoms with E-state index < -0.39 is 97.5 Å². The predicted octanol–water partition coefficient (Wildman–Crippen LogP) is 23.2. The van der Waals surface area contributed by atoms with Gasteiger partial charge in [-0.15, -0.1) is 0 Å². The average Bonchev–Trinajstić information content (AvgIpc) is 0.952. The number of hydrogen-bond donors (Lipinski definition) is 3. The first-order valence-corrected chi connectivity index (χ1v) is 43.8. The van der Waals surface area contributed by atoms with Gasteiger partial charge in [-0.25, -0.2) is 9.13 Å². The Morgan fingerprint density at radius 1 is 0.286 bits per heavy atom. The normalized spacial score (nSPS) is 14.6. The number of carbonyl (C=O) groups excluding carboxylic acids is 4. The van der Waals surface area contributed by atoms with Gasteiger partial charge in [-0.1, -0.05) is 351 Å². The molecule has 0 spiro atoms. The smallest absolute Gasteiger partial charge is 0.462 e. The van der Waals surface area contributed by atoms with Gasteiger partial charge in [0.2, 0.25) is 0 Å². The molecule has 98 heavy (non-hydrogen) atoms. The zero-order valence-corrected chi connectivity index (χ0v) is 66.2. The lowest BCUT2D eigenvalue weighted by molar-refractivity contribution is -0.161. The van der Waals surface area contributed by atoms with Crippen molar-refractivity contribution in [2.75, 3.05) is 39.6 Å². The molecule has 0 rings (SSSR count). The van der Waals surface area contributed by atoms with Gasteiger partial charge in [0.05, 0.1) is 26.4 Å². The van der Waals surface area contributed by atoms with Gasteiger partial charge in [0.1, 0.15) is 19.3 Å². The van der Waals surface area contributed by atoms with Crippen molar-refractivity contribution in [2.24, 2.45) is 23.7 Å². The van der Waals surface area contributed by atoms with Crippen molar-refractivity contribution in [1.29, 1.82) is 0 Å². The number of ether oxygens (including phenoxy) is 4. The van der Waals surface area contributed by atoms with Crippen LogP contribution in [0, 0.1) is 23.7 Å². The predicted molar refractivity (Wildman–Crippen MR) is 400 cm³/mol. The van der Waals surface area contributed by atoms with Crippen LogP contribution in [0.2, 0.25) is 0 Å². The lowest BCUT2D eigenvalue weighted by Crippen LogP contribution is -2.30. The molecule has 0 radical (unpaired) electrons. The van der Waals surface area contributed by atoms with E-state index in [1.807, 2.05) is 0 Å². The second-order valence-corrected chi connectivity index (χ2v) is 32.8. The number of phosphoric ester groups is 2. The lowest BCUT2D eigenvalue weighted by atomic mass is 9.99. The third-order valence-corrected chi connectivity index (χ3v) is 20.9. The summed E-state index contributed by atoms with van der Waals surface area (Å²) in [5, 5.41) is 10.6. The molecule has 0 aromatic carbocycles. The SMILES string of the molecule is CCC(C)CCCCCCCCCCCCC(=O)OC[C@H](COP(=O)(O)OC[C@@H](O)COP(=O)(O)OC[C@@H](COC(=O)CCCCCCCCC(C)CC)OC(=O)CCCCCCCCCCCCCCCC(C)C)OC(=O)CCCCCCCCCCCCCCCCCC(C)C. The molecule has 3 N–H and O–H groups in total. The maximum Gasteiger partial charge on any atom is 0.472 e. The number of phosphoric acid groups is 2. The molecule has 0 aliphatic carbocycles. The topological polar surface area (TPSA) is 237 Å².